The van der Waals surface area contributed by atoms with E-state index in [9.17, 15) is 19.8 Å². The summed E-state index contributed by atoms with van der Waals surface area (Å²) in [5.74, 6) is -0.185. The van der Waals surface area contributed by atoms with Gasteiger partial charge < -0.3 is 15.1 Å². The first-order valence-corrected chi connectivity index (χ1v) is 12.9. The van der Waals surface area contributed by atoms with Gasteiger partial charge >= 0.3 is 6.09 Å². The molecule has 0 unspecified atom stereocenters. The molecule has 1 spiro atoms. The number of aliphatic hydroxyl groups is 1. The van der Waals surface area contributed by atoms with E-state index in [1.54, 1.807) is 24.3 Å². The zero-order chi connectivity index (χ0) is 25.8. The number of carboxylic acid groups (broad SMARTS) is 1. The SMILES string of the molecule is O=C(O)N(c1ccccc1)[C@@H](Cc1ccccc1)[C@H](O)[C@@H]1NC2(CCCC2)N(Cc2ccccc2)C1=O. The summed E-state index contributed by atoms with van der Waals surface area (Å²) in [6, 6.07) is 26.3. The van der Waals surface area contributed by atoms with Gasteiger partial charge in [-0.15, -0.1) is 0 Å². The number of nitrogens with one attached hydrogen (secondary N) is 1. The summed E-state index contributed by atoms with van der Waals surface area (Å²) < 4.78 is 0. The molecule has 3 aromatic rings. The van der Waals surface area contributed by atoms with Gasteiger partial charge in [-0.1, -0.05) is 78.9 Å². The van der Waals surface area contributed by atoms with Crippen LogP contribution in [0.3, 0.4) is 0 Å². The lowest BCUT2D eigenvalue weighted by atomic mass is 9.94. The number of carbonyl (C=O) groups is 2. The van der Waals surface area contributed by atoms with E-state index >= 15 is 0 Å². The summed E-state index contributed by atoms with van der Waals surface area (Å²) in [6.07, 6.45) is 1.43. The number of hydrogen-bond acceptors (Lipinski definition) is 4. The lowest BCUT2D eigenvalue weighted by Crippen LogP contribution is -2.57. The molecule has 1 aliphatic carbocycles. The number of benzene rings is 3. The first-order valence-electron chi connectivity index (χ1n) is 12.9. The molecule has 1 heterocycles. The fraction of sp³-hybridized carbons (Fsp3) is 0.333. The Bertz CT molecular complexity index is 1200. The fourth-order valence-electron chi connectivity index (χ4n) is 5.88. The fourth-order valence-corrected chi connectivity index (χ4v) is 5.88. The van der Waals surface area contributed by atoms with E-state index in [0.717, 1.165) is 36.8 Å². The van der Waals surface area contributed by atoms with Gasteiger partial charge in [-0.25, -0.2) is 4.79 Å². The minimum absolute atomic E-state index is 0.185. The number of carbonyl (C=O) groups excluding carboxylic acids is 1. The van der Waals surface area contributed by atoms with Crippen LogP contribution in [0, 0.1) is 0 Å². The Morgan fingerprint density at radius 1 is 0.919 bits per heavy atom. The van der Waals surface area contributed by atoms with Crippen LogP contribution in [0.2, 0.25) is 0 Å². The zero-order valence-corrected chi connectivity index (χ0v) is 20.7. The van der Waals surface area contributed by atoms with Crippen LogP contribution < -0.4 is 10.2 Å². The third-order valence-corrected chi connectivity index (χ3v) is 7.68. The van der Waals surface area contributed by atoms with Crippen LogP contribution in [-0.4, -0.2) is 51.0 Å². The lowest BCUT2D eigenvalue weighted by Gasteiger charge is -2.36. The summed E-state index contributed by atoms with van der Waals surface area (Å²) in [6.45, 7) is 0.445. The molecule has 7 nitrogen and oxygen atoms in total. The van der Waals surface area contributed by atoms with Crippen molar-refractivity contribution in [1.82, 2.24) is 10.2 Å². The van der Waals surface area contributed by atoms with E-state index in [0.29, 0.717) is 12.2 Å². The Labute approximate surface area is 217 Å². The molecule has 0 aromatic heterocycles. The Balaban J connectivity index is 1.50. The monoisotopic (exact) mass is 499 g/mol. The van der Waals surface area contributed by atoms with Crippen molar-refractivity contribution in [3.05, 3.63) is 102 Å². The van der Waals surface area contributed by atoms with Crippen molar-refractivity contribution in [2.24, 2.45) is 0 Å². The number of anilines is 1. The van der Waals surface area contributed by atoms with Crippen molar-refractivity contribution in [2.45, 2.75) is 62.5 Å². The van der Waals surface area contributed by atoms with Gasteiger partial charge in [0.05, 0.1) is 17.8 Å². The number of aliphatic hydroxyl groups excluding tert-OH is 1. The molecule has 3 N–H and O–H groups in total. The maximum atomic E-state index is 13.9. The molecule has 2 amide bonds. The maximum absolute atomic E-state index is 13.9. The van der Waals surface area contributed by atoms with Crippen LogP contribution in [-0.2, 0) is 17.8 Å². The van der Waals surface area contributed by atoms with Crippen LogP contribution in [0.4, 0.5) is 10.5 Å². The summed E-state index contributed by atoms with van der Waals surface area (Å²) in [4.78, 5) is 29.6. The Morgan fingerprint density at radius 3 is 2.03 bits per heavy atom. The van der Waals surface area contributed by atoms with Crippen molar-refractivity contribution >= 4 is 17.7 Å². The van der Waals surface area contributed by atoms with Crippen LogP contribution in [0.1, 0.15) is 36.8 Å². The molecular formula is C30H33N3O4. The van der Waals surface area contributed by atoms with Gasteiger partial charge in [0.2, 0.25) is 5.91 Å². The van der Waals surface area contributed by atoms with Gasteiger partial charge in [0, 0.05) is 12.2 Å². The van der Waals surface area contributed by atoms with Gasteiger partial charge in [-0.3, -0.25) is 15.0 Å². The molecule has 37 heavy (non-hydrogen) atoms. The van der Waals surface area contributed by atoms with E-state index in [-0.39, 0.29) is 12.3 Å². The van der Waals surface area contributed by atoms with Gasteiger partial charge in [-0.2, -0.15) is 0 Å². The average molecular weight is 500 g/mol. The van der Waals surface area contributed by atoms with Crippen molar-refractivity contribution in [2.75, 3.05) is 4.90 Å². The predicted molar refractivity (Wildman–Crippen MR) is 142 cm³/mol. The standard InChI is InChI=1S/C30H33N3O4/c34-27(25(20-22-12-4-1-5-13-22)33(29(36)37)24-16-8-3-9-17-24)26-28(35)32(21-23-14-6-2-7-15-23)30(31-26)18-10-11-19-30/h1-9,12-17,25-27,31,34H,10-11,18-21H2,(H,36,37)/t25-,26-,27-/m0/s1. The normalized spacial score (nSPS) is 20.2. The topological polar surface area (TPSA) is 93.1 Å². The van der Waals surface area contributed by atoms with Gasteiger partial charge in [0.25, 0.3) is 0 Å². The van der Waals surface area contributed by atoms with Crippen LogP contribution in [0.15, 0.2) is 91.0 Å². The quantitative estimate of drug-likeness (QED) is 0.427. The molecule has 7 heteroatoms. The van der Waals surface area contributed by atoms with Crippen molar-refractivity contribution in [1.29, 1.82) is 0 Å². The molecule has 3 atom stereocenters. The van der Waals surface area contributed by atoms with Crippen molar-refractivity contribution < 1.29 is 19.8 Å². The third-order valence-electron chi connectivity index (χ3n) is 7.68. The Hall–Kier alpha value is -3.68. The van der Waals surface area contributed by atoms with Gasteiger partial charge in [0.1, 0.15) is 6.04 Å². The lowest BCUT2D eigenvalue weighted by molar-refractivity contribution is -0.134. The first-order chi connectivity index (χ1) is 18.0. The summed E-state index contributed by atoms with van der Waals surface area (Å²) in [7, 11) is 0. The van der Waals surface area contributed by atoms with Crippen molar-refractivity contribution in [3.63, 3.8) is 0 Å². The highest BCUT2D eigenvalue weighted by atomic mass is 16.4. The van der Waals surface area contributed by atoms with E-state index in [1.165, 1.54) is 4.90 Å². The third kappa shape index (κ3) is 5.10. The Kier molecular flexibility index (Phi) is 7.26. The van der Waals surface area contributed by atoms with E-state index in [1.807, 2.05) is 71.6 Å². The van der Waals surface area contributed by atoms with Crippen LogP contribution in [0.5, 0.6) is 0 Å². The molecule has 2 fully saturated rings. The van der Waals surface area contributed by atoms with E-state index in [4.69, 9.17) is 0 Å². The second-order valence-corrected chi connectivity index (χ2v) is 10.0. The van der Waals surface area contributed by atoms with Crippen molar-refractivity contribution in [3.8, 4) is 0 Å². The molecule has 5 rings (SSSR count). The zero-order valence-electron chi connectivity index (χ0n) is 20.7. The number of para-hydroxylation sites is 1. The highest BCUT2D eigenvalue weighted by molar-refractivity contribution is 5.89. The molecule has 0 radical (unpaired) electrons. The predicted octanol–water partition coefficient (Wildman–Crippen LogP) is 4.41. The van der Waals surface area contributed by atoms with Gasteiger partial charge in [-0.05, 0) is 55.4 Å². The summed E-state index contributed by atoms with van der Waals surface area (Å²) in [5, 5.41) is 25.6. The molecule has 192 valence electrons. The van der Waals surface area contributed by atoms with E-state index in [2.05, 4.69) is 5.32 Å². The minimum atomic E-state index is -1.26. The number of nitrogens with zero attached hydrogens (tertiary/aromatic N) is 2. The molecule has 2 aliphatic rings. The van der Waals surface area contributed by atoms with Crippen LogP contribution in [0.25, 0.3) is 0 Å². The number of rotatable bonds is 8. The van der Waals surface area contributed by atoms with Crippen LogP contribution >= 0.6 is 0 Å². The largest absolute Gasteiger partial charge is 0.465 e. The molecule has 1 saturated carbocycles. The number of hydrogen-bond donors (Lipinski definition) is 3. The maximum Gasteiger partial charge on any atom is 0.412 e. The highest BCUT2D eigenvalue weighted by Crippen LogP contribution is 2.40. The molecule has 3 aromatic carbocycles. The summed E-state index contributed by atoms with van der Waals surface area (Å²) in [5.41, 5.74) is 1.83. The molecule has 1 aliphatic heterocycles. The highest BCUT2D eigenvalue weighted by Gasteiger charge is 2.55. The molecule has 1 saturated heterocycles. The molecular weight excluding hydrogens is 466 g/mol. The number of amides is 2. The van der Waals surface area contributed by atoms with E-state index < -0.39 is 29.9 Å². The molecule has 0 bridgehead atoms. The second-order valence-electron chi connectivity index (χ2n) is 10.0. The smallest absolute Gasteiger partial charge is 0.412 e. The first kappa shape index (κ1) is 25.0. The summed E-state index contributed by atoms with van der Waals surface area (Å²) >= 11 is 0. The average Bonchev–Trinajstić information content (AvgIpc) is 3.50. The Morgan fingerprint density at radius 2 is 1.46 bits per heavy atom. The minimum Gasteiger partial charge on any atom is -0.465 e. The second kappa shape index (κ2) is 10.7. The van der Waals surface area contributed by atoms with Gasteiger partial charge in [0.15, 0.2) is 0 Å².